The predicted molar refractivity (Wildman–Crippen MR) is 45.1 cm³/mol. The Balaban J connectivity index is 4.61. The maximum Gasteiger partial charge on any atom is 0.237 e. The first kappa shape index (κ1) is 10.3. The first-order chi connectivity index (χ1) is 5.02. The first-order valence-electron chi connectivity index (χ1n) is 3.08. The molecule has 0 rings (SSSR count). The Kier molecular flexibility index (Phi) is 4.02. The van der Waals surface area contributed by atoms with Gasteiger partial charge in [-0.3, -0.25) is 0 Å². The molecule has 5 heteroatoms. The van der Waals surface area contributed by atoms with Crippen molar-refractivity contribution in [2.75, 3.05) is 6.54 Å². The zero-order valence-corrected chi connectivity index (χ0v) is 7.14. The molecule has 0 spiro atoms. The second-order valence-electron chi connectivity index (χ2n) is 1.87. The highest BCUT2D eigenvalue weighted by molar-refractivity contribution is 7.93. The van der Waals surface area contributed by atoms with Crippen molar-refractivity contribution in [3.8, 4) is 0 Å². The van der Waals surface area contributed by atoms with Gasteiger partial charge in [-0.05, 0) is 13.0 Å². The van der Waals surface area contributed by atoms with Crippen LogP contribution in [0.15, 0.2) is 23.1 Å². The fourth-order valence-corrected chi connectivity index (χ4v) is 1.15. The highest BCUT2D eigenvalue weighted by atomic mass is 32.2. The highest BCUT2D eigenvalue weighted by Gasteiger charge is 2.05. The molecular formula is C6H12N2O2S. The van der Waals surface area contributed by atoms with E-state index >= 15 is 0 Å². The fraction of sp³-hybridized carbons (Fsp3) is 0.333. The zero-order valence-electron chi connectivity index (χ0n) is 6.32. The van der Waals surface area contributed by atoms with E-state index in [1.807, 2.05) is 0 Å². The number of primary sulfonamides is 1. The summed E-state index contributed by atoms with van der Waals surface area (Å²) in [5, 5.41) is 4.84. The zero-order chi connectivity index (χ0) is 8.91. The van der Waals surface area contributed by atoms with Crippen LogP contribution in [0.5, 0.6) is 0 Å². The van der Waals surface area contributed by atoms with Crippen LogP contribution in [0.4, 0.5) is 0 Å². The molecule has 0 bridgehead atoms. The van der Waals surface area contributed by atoms with E-state index in [0.717, 1.165) is 0 Å². The maximum atomic E-state index is 10.7. The highest BCUT2D eigenvalue weighted by Crippen LogP contribution is 2.01. The molecule has 0 unspecified atom stereocenters. The van der Waals surface area contributed by atoms with Gasteiger partial charge in [-0.1, -0.05) is 12.2 Å². The molecule has 0 fully saturated rings. The van der Waals surface area contributed by atoms with Crippen molar-refractivity contribution in [1.82, 2.24) is 0 Å². The lowest BCUT2D eigenvalue weighted by Crippen LogP contribution is -2.13. The number of hydrogen-bond donors (Lipinski definition) is 2. The van der Waals surface area contributed by atoms with Crippen LogP contribution in [0.1, 0.15) is 6.92 Å². The number of rotatable bonds is 3. The molecule has 0 amide bonds. The largest absolute Gasteiger partial charge is 0.327 e. The van der Waals surface area contributed by atoms with Gasteiger partial charge in [0, 0.05) is 6.54 Å². The van der Waals surface area contributed by atoms with E-state index in [1.54, 1.807) is 6.92 Å². The summed E-state index contributed by atoms with van der Waals surface area (Å²) in [6.45, 7) is 1.90. The summed E-state index contributed by atoms with van der Waals surface area (Å²) in [5.41, 5.74) is 5.13. The Hall–Kier alpha value is -0.650. The quantitative estimate of drug-likeness (QED) is 0.578. The van der Waals surface area contributed by atoms with Crippen molar-refractivity contribution in [3.05, 3.63) is 23.1 Å². The molecule has 0 aromatic carbocycles. The molecule has 0 heterocycles. The minimum absolute atomic E-state index is 0.0861. The summed E-state index contributed by atoms with van der Waals surface area (Å²) in [4.78, 5) is 0.0861. The van der Waals surface area contributed by atoms with E-state index < -0.39 is 10.0 Å². The van der Waals surface area contributed by atoms with Crippen LogP contribution in [0.25, 0.3) is 0 Å². The Bertz CT molecular complexity index is 264. The second kappa shape index (κ2) is 4.27. The van der Waals surface area contributed by atoms with Gasteiger partial charge in [-0.25, -0.2) is 13.6 Å². The minimum atomic E-state index is -3.57. The van der Waals surface area contributed by atoms with E-state index in [-0.39, 0.29) is 4.91 Å². The monoisotopic (exact) mass is 176 g/mol. The lowest BCUT2D eigenvalue weighted by molar-refractivity contribution is 0.604. The van der Waals surface area contributed by atoms with Gasteiger partial charge in [0.25, 0.3) is 0 Å². The SMILES string of the molecule is C/C=C(\C=C/CN)S(N)(=O)=O. The third-order valence-corrected chi connectivity index (χ3v) is 2.06. The van der Waals surface area contributed by atoms with Crippen molar-refractivity contribution in [1.29, 1.82) is 0 Å². The Labute approximate surface area is 66.6 Å². The van der Waals surface area contributed by atoms with Crippen LogP contribution in [0.2, 0.25) is 0 Å². The Morgan fingerprint density at radius 1 is 1.55 bits per heavy atom. The average molecular weight is 176 g/mol. The van der Waals surface area contributed by atoms with Crippen LogP contribution < -0.4 is 10.9 Å². The van der Waals surface area contributed by atoms with Gasteiger partial charge in [-0.2, -0.15) is 0 Å². The summed E-state index contributed by atoms with van der Waals surface area (Å²) in [5.74, 6) is 0. The molecule has 0 aliphatic carbocycles. The van der Waals surface area contributed by atoms with Crippen molar-refractivity contribution < 1.29 is 8.42 Å². The van der Waals surface area contributed by atoms with E-state index in [9.17, 15) is 8.42 Å². The second-order valence-corrected chi connectivity index (χ2v) is 3.44. The number of sulfonamides is 1. The van der Waals surface area contributed by atoms with Crippen LogP contribution in [0, 0.1) is 0 Å². The standard InChI is InChI=1S/C6H12N2O2S/c1-2-6(4-3-5-7)11(8,9)10/h2-4H,5,7H2,1H3,(H2,8,9,10)/b4-3-,6-2+. The molecule has 0 aliphatic rings. The van der Waals surface area contributed by atoms with Gasteiger partial charge in [0.1, 0.15) is 0 Å². The Morgan fingerprint density at radius 2 is 2.09 bits per heavy atom. The van der Waals surface area contributed by atoms with Gasteiger partial charge in [0.15, 0.2) is 0 Å². The summed E-state index contributed by atoms with van der Waals surface area (Å²) in [6, 6.07) is 0. The predicted octanol–water partition coefficient (Wildman–Crippen LogP) is -0.306. The third kappa shape index (κ3) is 3.92. The lowest BCUT2D eigenvalue weighted by Gasteiger charge is -1.95. The molecule has 0 saturated heterocycles. The molecule has 0 aliphatic heterocycles. The van der Waals surface area contributed by atoms with E-state index in [1.165, 1.54) is 18.2 Å². The lowest BCUT2D eigenvalue weighted by atomic mass is 10.4. The molecule has 0 aromatic rings. The molecule has 0 aromatic heterocycles. The van der Waals surface area contributed by atoms with Gasteiger partial charge >= 0.3 is 0 Å². The van der Waals surface area contributed by atoms with Crippen LogP contribution in [-0.2, 0) is 10.0 Å². The summed E-state index contributed by atoms with van der Waals surface area (Å²) < 4.78 is 21.4. The van der Waals surface area contributed by atoms with Crippen molar-refractivity contribution >= 4 is 10.0 Å². The molecular weight excluding hydrogens is 164 g/mol. The number of hydrogen-bond acceptors (Lipinski definition) is 3. The fourth-order valence-electron chi connectivity index (χ4n) is 0.540. The van der Waals surface area contributed by atoms with E-state index in [0.29, 0.717) is 6.54 Å². The number of nitrogens with two attached hydrogens (primary N) is 2. The summed E-state index contributed by atoms with van der Waals surface area (Å²) in [6.07, 6.45) is 4.33. The smallest absolute Gasteiger partial charge is 0.237 e. The molecule has 0 radical (unpaired) electrons. The topological polar surface area (TPSA) is 86.2 Å². The third-order valence-electron chi connectivity index (χ3n) is 1.03. The van der Waals surface area contributed by atoms with Gasteiger partial charge in [-0.15, -0.1) is 0 Å². The maximum absolute atomic E-state index is 10.7. The summed E-state index contributed by atoms with van der Waals surface area (Å²) in [7, 11) is -3.57. The van der Waals surface area contributed by atoms with Crippen molar-refractivity contribution in [2.45, 2.75) is 6.92 Å². The molecule has 11 heavy (non-hydrogen) atoms. The normalized spacial score (nSPS) is 14.3. The van der Waals surface area contributed by atoms with Crippen LogP contribution in [-0.4, -0.2) is 15.0 Å². The van der Waals surface area contributed by atoms with Crippen LogP contribution >= 0.6 is 0 Å². The Morgan fingerprint density at radius 3 is 2.36 bits per heavy atom. The van der Waals surface area contributed by atoms with Gasteiger partial charge < -0.3 is 5.73 Å². The molecule has 4 N–H and O–H groups in total. The van der Waals surface area contributed by atoms with Gasteiger partial charge in [0.2, 0.25) is 10.0 Å². The summed E-state index contributed by atoms with van der Waals surface area (Å²) >= 11 is 0. The van der Waals surface area contributed by atoms with E-state index in [2.05, 4.69) is 0 Å². The molecule has 4 nitrogen and oxygen atoms in total. The van der Waals surface area contributed by atoms with Crippen LogP contribution in [0.3, 0.4) is 0 Å². The van der Waals surface area contributed by atoms with E-state index in [4.69, 9.17) is 10.9 Å². The van der Waals surface area contributed by atoms with Crippen molar-refractivity contribution in [2.24, 2.45) is 10.9 Å². The minimum Gasteiger partial charge on any atom is -0.327 e. The molecule has 0 atom stereocenters. The van der Waals surface area contributed by atoms with Gasteiger partial charge in [0.05, 0.1) is 4.91 Å². The first-order valence-corrected chi connectivity index (χ1v) is 4.62. The van der Waals surface area contributed by atoms with Crippen molar-refractivity contribution in [3.63, 3.8) is 0 Å². The average Bonchev–Trinajstić information content (AvgIpc) is 1.87. The molecule has 0 saturated carbocycles. The number of allylic oxidation sites excluding steroid dienone is 2. The molecule has 64 valence electrons.